The summed E-state index contributed by atoms with van der Waals surface area (Å²) in [5.74, 6) is 0.384. The zero-order valence-electron chi connectivity index (χ0n) is 11.1. The van der Waals surface area contributed by atoms with E-state index in [9.17, 15) is 4.39 Å². The molecular weight excluding hydrogens is 245 g/mol. The van der Waals surface area contributed by atoms with Gasteiger partial charge in [-0.1, -0.05) is 6.07 Å². The van der Waals surface area contributed by atoms with E-state index in [1.165, 1.54) is 12.1 Å². The number of hydrogen-bond donors (Lipinski definition) is 1. The van der Waals surface area contributed by atoms with Crippen LogP contribution in [-0.4, -0.2) is 9.78 Å². The number of halogens is 1. The molecule has 0 unspecified atom stereocenters. The normalized spacial score (nSPS) is 11.0. The zero-order chi connectivity index (χ0) is 13.8. The summed E-state index contributed by atoms with van der Waals surface area (Å²) >= 11 is 0. The molecule has 0 radical (unpaired) electrons. The Bertz CT molecular complexity index is 551. The third-order valence-electron chi connectivity index (χ3n) is 2.89. The quantitative estimate of drug-likeness (QED) is 0.902. The topological polar surface area (TPSA) is 53.1 Å². The number of rotatable bonds is 5. The summed E-state index contributed by atoms with van der Waals surface area (Å²) in [7, 11) is 0. The van der Waals surface area contributed by atoms with Gasteiger partial charge in [0.15, 0.2) is 5.75 Å². The minimum absolute atomic E-state index is 0.283. The Balaban J connectivity index is 2.07. The van der Waals surface area contributed by atoms with Crippen molar-refractivity contribution in [2.75, 3.05) is 0 Å². The van der Waals surface area contributed by atoms with E-state index in [-0.39, 0.29) is 18.5 Å². The first kappa shape index (κ1) is 13.5. The van der Waals surface area contributed by atoms with Crippen LogP contribution >= 0.6 is 0 Å². The summed E-state index contributed by atoms with van der Waals surface area (Å²) in [6.45, 7) is 4.73. The first-order chi connectivity index (χ1) is 9.10. The summed E-state index contributed by atoms with van der Waals surface area (Å²) in [6, 6.07) is 4.83. The Morgan fingerprint density at radius 1 is 1.37 bits per heavy atom. The summed E-state index contributed by atoms with van der Waals surface area (Å²) < 4.78 is 20.6. The first-order valence-electron chi connectivity index (χ1n) is 6.24. The lowest BCUT2D eigenvalue weighted by Gasteiger charge is -2.09. The van der Waals surface area contributed by atoms with Crippen molar-refractivity contribution in [3.8, 4) is 5.75 Å². The molecular formula is C14H18FN3O. The molecule has 0 bridgehead atoms. The third kappa shape index (κ3) is 3.32. The Labute approximate surface area is 112 Å². The Kier molecular flexibility index (Phi) is 4.16. The highest BCUT2D eigenvalue weighted by Gasteiger charge is 2.06. The highest BCUT2D eigenvalue weighted by atomic mass is 19.1. The van der Waals surface area contributed by atoms with Crippen LogP contribution in [0.5, 0.6) is 5.75 Å². The molecule has 0 amide bonds. The van der Waals surface area contributed by atoms with Gasteiger partial charge in [-0.15, -0.1) is 0 Å². The molecule has 0 fully saturated rings. The standard InChI is InChI=1S/C14H18FN3O/c1-10(2)18-8-14(7-17-18)19-9-12-5-13(15)4-3-11(12)6-16/h3-5,7-8,10H,6,9,16H2,1-2H3. The molecule has 0 saturated heterocycles. The third-order valence-corrected chi connectivity index (χ3v) is 2.89. The fourth-order valence-corrected chi connectivity index (χ4v) is 1.77. The molecule has 0 aliphatic rings. The molecule has 102 valence electrons. The maximum Gasteiger partial charge on any atom is 0.157 e. The lowest BCUT2D eigenvalue weighted by Crippen LogP contribution is -2.05. The largest absolute Gasteiger partial charge is 0.486 e. The SMILES string of the molecule is CC(C)n1cc(OCc2cc(F)ccc2CN)cn1. The maximum absolute atomic E-state index is 13.2. The van der Waals surface area contributed by atoms with Gasteiger partial charge in [0.2, 0.25) is 0 Å². The molecule has 2 N–H and O–H groups in total. The number of aromatic nitrogens is 2. The smallest absolute Gasteiger partial charge is 0.157 e. The fraction of sp³-hybridized carbons (Fsp3) is 0.357. The van der Waals surface area contributed by atoms with Gasteiger partial charge in [0.05, 0.1) is 12.4 Å². The number of benzene rings is 1. The van der Waals surface area contributed by atoms with Crippen LogP contribution in [0.2, 0.25) is 0 Å². The van der Waals surface area contributed by atoms with Crippen LogP contribution < -0.4 is 10.5 Å². The molecule has 1 heterocycles. The fourth-order valence-electron chi connectivity index (χ4n) is 1.77. The highest BCUT2D eigenvalue weighted by Crippen LogP contribution is 2.17. The van der Waals surface area contributed by atoms with Gasteiger partial charge in [0.25, 0.3) is 0 Å². The summed E-state index contributed by atoms with van der Waals surface area (Å²) in [5, 5.41) is 4.18. The zero-order valence-corrected chi connectivity index (χ0v) is 11.1. The predicted molar refractivity (Wildman–Crippen MR) is 71.2 cm³/mol. The molecule has 0 aliphatic heterocycles. The van der Waals surface area contributed by atoms with Gasteiger partial charge in [0.1, 0.15) is 12.4 Å². The summed E-state index contributed by atoms with van der Waals surface area (Å²) in [6.07, 6.45) is 3.48. The van der Waals surface area contributed by atoms with Crippen LogP contribution in [-0.2, 0) is 13.2 Å². The second-order valence-electron chi connectivity index (χ2n) is 4.66. The van der Waals surface area contributed by atoms with E-state index in [0.717, 1.165) is 11.1 Å². The second-order valence-corrected chi connectivity index (χ2v) is 4.66. The molecule has 4 nitrogen and oxygen atoms in total. The number of ether oxygens (including phenoxy) is 1. The van der Waals surface area contributed by atoms with Crippen LogP contribution in [0.4, 0.5) is 4.39 Å². The molecule has 2 aromatic rings. The van der Waals surface area contributed by atoms with Crippen molar-refractivity contribution in [3.05, 3.63) is 47.5 Å². The van der Waals surface area contributed by atoms with Gasteiger partial charge >= 0.3 is 0 Å². The molecule has 19 heavy (non-hydrogen) atoms. The predicted octanol–water partition coefficient (Wildman–Crippen LogP) is 2.64. The van der Waals surface area contributed by atoms with Gasteiger partial charge in [-0.25, -0.2) is 4.39 Å². The number of nitrogens with zero attached hydrogens (tertiary/aromatic N) is 2. The average molecular weight is 263 g/mol. The van der Waals surface area contributed by atoms with Crippen molar-refractivity contribution in [2.45, 2.75) is 33.0 Å². The monoisotopic (exact) mass is 263 g/mol. The van der Waals surface area contributed by atoms with Crippen molar-refractivity contribution in [2.24, 2.45) is 5.73 Å². The van der Waals surface area contributed by atoms with Crippen molar-refractivity contribution in [1.82, 2.24) is 9.78 Å². The summed E-state index contributed by atoms with van der Waals surface area (Å²) in [5.41, 5.74) is 7.27. The lowest BCUT2D eigenvalue weighted by atomic mass is 10.1. The molecule has 1 aromatic heterocycles. The first-order valence-corrected chi connectivity index (χ1v) is 6.24. The van der Waals surface area contributed by atoms with E-state index in [1.54, 1.807) is 12.3 Å². The van der Waals surface area contributed by atoms with Gasteiger partial charge in [-0.3, -0.25) is 4.68 Å². The van der Waals surface area contributed by atoms with E-state index in [2.05, 4.69) is 5.10 Å². The van der Waals surface area contributed by atoms with Gasteiger partial charge in [-0.2, -0.15) is 5.10 Å². The van der Waals surface area contributed by atoms with Crippen LogP contribution in [0.3, 0.4) is 0 Å². The van der Waals surface area contributed by atoms with E-state index >= 15 is 0 Å². The van der Waals surface area contributed by atoms with Crippen molar-refractivity contribution in [3.63, 3.8) is 0 Å². The van der Waals surface area contributed by atoms with Crippen LogP contribution in [0.25, 0.3) is 0 Å². The van der Waals surface area contributed by atoms with E-state index in [1.807, 2.05) is 24.7 Å². The maximum atomic E-state index is 13.2. The number of nitrogens with two attached hydrogens (primary N) is 1. The van der Waals surface area contributed by atoms with E-state index in [0.29, 0.717) is 12.3 Å². The lowest BCUT2D eigenvalue weighted by molar-refractivity contribution is 0.303. The van der Waals surface area contributed by atoms with Crippen molar-refractivity contribution >= 4 is 0 Å². The molecule has 0 atom stereocenters. The number of hydrogen-bond acceptors (Lipinski definition) is 3. The molecule has 2 rings (SSSR count). The minimum Gasteiger partial charge on any atom is -0.486 e. The Hall–Kier alpha value is -1.88. The highest BCUT2D eigenvalue weighted by molar-refractivity contribution is 5.28. The van der Waals surface area contributed by atoms with Crippen molar-refractivity contribution in [1.29, 1.82) is 0 Å². The van der Waals surface area contributed by atoms with Crippen molar-refractivity contribution < 1.29 is 9.13 Å². The summed E-state index contributed by atoms with van der Waals surface area (Å²) in [4.78, 5) is 0. The minimum atomic E-state index is -0.284. The van der Waals surface area contributed by atoms with Crippen LogP contribution in [0.1, 0.15) is 31.0 Å². The van der Waals surface area contributed by atoms with Gasteiger partial charge in [-0.05, 0) is 37.1 Å². The molecule has 1 aromatic carbocycles. The molecule has 0 saturated carbocycles. The van der Waals surface area contributed by atoms with Crippen LogP contribution in [0, 0.1) is 5.82 Å². The Morgan fingerprint density at radius 2 is 2.16 bits per heavy atom. The molecule has 0 spiro atoms. The van der Waals surface area contributed by atoms with Gasteiger partial charge in [0, 0.05) is 12.6 Å². The average Bonchev–Trinajstić information content (AvgIpc) is 2.85. The van der Waals surface area contributed by atoms with E-state index < -0.39 is 0 Å². The Morgan fingerprint density at radius 3 is 2.79 bits per heavy atom. The second kappa shape index (κ2) is 5.84. The molecule has 5 heteroatoms. The van der Waals surface area contributed by atoms with Gasteiger partial charge < -0.3 is 10.5 Å². The molecule has 0 aliphatic carbocycles. The van der Waals surface area contributed by atoms with E-state index in [4.69, 9.17) is 10.5 Å². The van der Waals surface area contributed by atoms with Crippen LogP contribution in [0.15, 0.2) is 30.6 Å².